The molecule has 1 aliphatic heterocycles. The van der Waals surface area contributed by atoms with E-state index in [0.717, 1.165) is 0 Å². The van der Waals surface area contributed by atoms with E-state index in [4.69, 9.17) is 5.73 Å². The molecule has 1 heterocycles. The molecule has 0 aromatic heterocycles. The quantitative estimate of drug-likeness (QED) is 0.870. The molecule has 1 aromatic rings. The minimum atomic E-state index is -0.871. The highest BCUT2D eigenvalue weighted by atomic mass is 16.4. The molecule has 21 heavy (non-hydrogen) atoms. The number of primary amides is 1. The van der Waals surface area contributed by atoms with Gasteiger partial charge in [0.2, 0.25) is 5.91 Å². The molecule has 0 bridgehead atoms. The molecule has 0 spiro atoms. The van der Waals surface area contributed by atoms with Gasteiger partial charge in [0.15, 0.2) is 0 Å². The first kappa shape index (κ1) is 15.0. The lowest BCUT2D eigenvalue weighted by Crippen LogP contribution is -2.49. The summed E-state index contributed by atoms with van der Waals surface area (Å²) in [6.45, 7) is 2.30. The Labute approximate surface area is 122 Å². The van der Waals surface area contributed by atoms with Gasteiger partial charge >= 0.3 is 5.97 Å². The van der Waals surface area contributed by atoms with Crippen molar-refractivity contribution in [3.05, 3.63) is 35.4 Å². The van der Waals surface area contributed by atoms with Crippen LogP contribution in [-0.2, 0) is 4.79 Å². The van der Waals surface area contributed by atoms with Gasteiger partial charge in [0.05, 0.1) is 5.92 Å². The molecule has 112 valence electrons. The highest BCUT2D eigenvalue weighted by Crippen LogP contribution is 2.25. The first-order valence-electron chi connectivity index (χ1n) is 6.85. The molecule has 0 aliphatic carbocycles. The number of carboxylic acids is 1. The summed E-state index contributed by atoms with van der Waals surface area (Å²) in [5.74, 6) is -2.17. The van der Waals surface area contributed by atoms with E-state index < -0.39 is 17.8 Å². The molecule has 2 rings (SSSR count). The minimum Gasteiger partial charge on any atom is -0.481 e. The monoisotopic (exact) mass is 290 g/mol. The second-order valence-electron chi connectivity index (χ2n) is 5.27. The van der Waals surface area contributed by atoms with Crippen molar-refractivity contribution in [3.63, 3.8) is 0 Å². The average molecular weight is 290 g/mol. The summed E-state index contributed by atoms with van der Waals surface area (Å²) in [6.07, 6.45) is 1.26. The van der Waals surface area contributed by atoms with Crippen LogP contribution in [-0.4, -0.2) is 40.4 Å². The van der Waals surface area contributed by atoms with Crippen LogP contribution < -0.4 is 5.73 Å². The first-order chi connectivity index (χ1) is 9.91. The van der Waals surface area contributed by atoms with Gasteiger partial charge in [-0.25, -0.2) is 0 Å². The van der Waals surface area contributed by atoms with Crippen LogP contribution >= 0.6 is 0 Å². The molecule has 2 amide bonds. The molecule has 6 nitrogen and oxygen atoms in total. The smallest absolute Gasteiger partial charge is 0.308 e. The van der Waals surface area contributed by atoms with Crippen molar-refractivity contribution in [2.45, 2.75) is 25.8 Å². The number of carbonyl (C=O) groups excluding carboxylic acids is 2. The maximum Gasteiger partial charge on any atom is 0.308 e. The SMILES string of the molecule is C[C@@H]1[C@H](C(=O)O)CCCN1C(=O)c1ccc(C(N)=O)cc1. The van der Waals surface area contributed by atoms with Crippen LogP contribution in [0.4, 0.5) is 0 Å². The number of nitrogens with zero attached hydrogens (tertiary/aromatic N) is 1. The Kier molecular flexibility index (Phi) is 4.26. The minimum absolute atomic E-state index is 0.218. The van der Waals surface area contributed by atoms with Crippen LogP contribution in [0.1, 0.15) is 40.5 Å². The summed E-state index contributed by atoms with van der Waals surface area (Å²) in [4.78, 5) is 36.3. The van der Waals surface area contributed by atoms with E-state index in [9.17, 15) is 19.5 Å². The zero-order valence-electron chi connectivity index (χ0n) is 11.8. The lowest BCUT2D eigenvalue weighted by molar-refractivity contribution is -0.144. The first-order valence-corrected chi connectivity index (χ1v) is 6.85. The molecule has 1 aliphatic rings. The highest BCUT2D eigenvalue weighted by Gasteiger charge is 2.35. The third-order valence-corrected chi connectivity index (χ3v) is 3.98. The molecule has 0 unspecified atom stereocenters. The number of likely N-dealkylation sites (tertiary alicyclic amines) is 1. The molecule has 1 fully saturated rings. The number of hydrogen-bond acceptors (Lipinski definition) is 3. The molecular formula is C15H18N2O4. The Balaban J connectivity index is 2.18. The lowest BCUT2D eigenvalue weighted by Gasteiger charge is -2.37. The Morgan fingerprint density at radius 3 is 2.29 bits per heavy atom. The van der Waals surface area contributed by atoms with Crippen molar-refractivity contribution in [2.24, 2.45) is 11.7 Å². The molecule has 1 saturated heterocycles. The van der Waals surface area contributed by atoms with E-state index in [1.807, 2.05) is 0 Å². The highest BCUT2D eigenvalue weighted by molar-refractivity contribution is 5.97. The van der Waals surface area contributed by atoms with E-state index in [1.165, 1.54) is 12.1 Å². The number of piperidine rings is 1. The second-order valence-corrected chi connectivity index (χ2v) is 5.27. The molecule has 0 saturated carbocycles. The van der Waals surface area contributed by atoms with E-state index in [-0.39, 0.29) is 11.9 Å². The topological polar surface area (TPSA) is 101 Å². The van der Waals surface area contributed by atoms with Gasteiger partial charge in [-0.1, -0.05) is 0 Å². The van der Waals surface area contributed by atoms with Gasteiger partial charge in [-0.05, 0) is 44.0 Å². The van der Waals surface area contributed by atoms with E-state index in [2.05, 4.69) is 0 Å². The van der Waals surface area contributed by atoms with Gasteiger partial charge in [0.25, 0.3) is 5.91 Å². The van der Waals surface area contributed by atoms with Crippen LogP contribution in [0.15, 0.2) is 24.3 Å². The van der Waals surface area contributed by atoms with Crippen LogP contribution in [0.25, 0.3) is 0 Å². The molecule has 3 N–H and O–H groups in total. The molecule has 1 aromatic carbocycles. The standard InChI is InChI=1S/C15H18N2O4/c1-9-12(15(20)21)3-2-8-17(9)14(19)11-6-4-10(5-7-11)13(16)18/h4-7,9,12H,2-3,8H2,1H3,(H2,16,18)(H,20,21)/t9-,12-/m1/s1. The van der Waals surface area contributed by atoms with Gasteiger partial charge in [-0.3, -0.25) is 14.4 Å². The Bertz CT molecular complexity index is 568. The van der Waals surface area contributed by atoms with Gasteiger partial charge in [0, 0.05) is 23.7 Å². The van der Waals surface area contributed by atoms with Gasteiger partial charge in [-0.2, -0.15) is 0 Å². The fourth-order valence-corrected chi connectivity index (χ4v) is 2.70. The number of aliphatic carboxylic acids is 1. The lowest BCUT2D eigenvalue weighted by atomic mass is 9.90. The summed E-state index contributed by atoms with van der Waals surface area (Å²) in [5, 5.41) is 9.19. The van der Waals surface area contributed by atoms with Crippen LogP contribution in [0.2, 0.25) is 0 Å². The Morgan fingerprint density at radius 1 is 1.19 bits per heavy atom. The van der Waals surface area contributed by atoms with Crippen molar-refractivity contribution < 1.29 is 19.5 Å². The molecular weight excluding hydrogens is 272 g/mol. The number of amides is 2. The number of benzene rings is 1. The average Bonchev–Trinajstić information content (AvgIpc) is 2.46. The summed E-state index contributed by atoms with van der Waals surface area (Å²) in [5.41, 5.74) is 5.92. The zero-order chi connectivity index (χ0) is 15.6. The third kappa shape index (κ3) is 3.04. The fraction of sp³-hybridized carbons (Fsp3) is 0.400. The van der Waals surface area contributed by atoms with Crippen molar-refractivity contribution >= 4 is 17.8 Å². The van der Waals surface area contributed by atoms with Crippen LogP contribution in [0.3, 0.4) is 0 Å². The van der Waals surface area contributed by atoms with E-state index >= 15 is 0 Å². The van der Waals surface area contributed by atoms with Crippen molar-refractivity contribution in [1.82, 2.24) is 4.90 Å². The van der Waals surface area contributed by atoms with Crippen LogP contribution in [0, 0.1) is 5.92 Å². The van der Waals surface area contributed by atoms with Crippen molar-refractivity contribution in [3.8, 4) is 0 Å². The van der Waals surface area contributed by atoms with E-state index in [1.54, 1.807) is 24.0 Å². The number of carboxylic acid groups (broad SMARTS) is 1. The fourth-order valence-electron chi connectivity index (χ4n) is 2.70. The second kappa shape index (κ2) is 5.95. The Hall–Kier alpha value is -2.37. The van der Waals surface area contributed by atoms with Crippen LogP contribution in [0.5, 0.6) is 0 Å². The van der Waals surface area contributed by atoms with Gasteiger partial charge in [0.1, 0.15) is 0 Å². The summed E-state index contributed by atoms with van der Waals surface area (Å²) < 4.78 is 0. The summed E-state index contributed by atoms with van der Waals surface area (Å²) in [7, 11) is 0. The zero-order valence-corrected chi connectivity index (χ0v) is 11.8. The predicted octanol–water partition coefficient (Wildman–Crippen LogP) is 1.11. The number of carbonyl (C=O) groups is 3. The molecule has 0 radical (unpaired) electrons. The van der Waals surface area contributed by atoms with Gasteiger partial charge < -0.3 is 15.7 Å². The third-order valence-electron chi connectivity index (χ3n) is 3.98. The number of hydrogen-bond donors (Lipinski definition) is 2. The summed E-state index contributed by atoms with van der Waals surface area (Å²) in [6, 6.07) is 5.73. The summed E-state index contributed by atoms with van der Waals surface area (Å²) >= 11 is 0. The van der Waals surface area contributed by atoms with E-state index in [0.29, 0.717) is 30.5 Å². The molecule has 2 atom stereocenters. The number of nitrogens with two attached hydrogens (primary N) is 1. The normalized spacial score (nSPS) is 21.9. The predicted molar refractivity (Wildman–Crippen MR) is 75.8 cm³/mol. The number of rotatable bonds is 3. The maximum atomic E-state index is 12.5. The maximum absolute atomic E-state index is 12.5. The largest absolute Gasteiger partial charge is 0.481 e. The van der Waals surface area contributed by atoms with Gasteiger partial charge in [-0.15, -0.1) is 0 Å². The Morgan fingerprint density at radius 2 is 1.76 bits per heavy atom. The van der Waals surface area contributed by atoms with Crippen molar-refractivity contribution in [2.75, 3.05) is 6.54 Å². The molecule has 6 heteroatoms. The van der Waals surface area contributed by atoms with Crippen molar-refractivity contribution in [1.29, 1.82) is 0 Å².